The van der Waals surface area contributed by atoms with Gasteiger partial charge in [0.1, 0.15) is 60.6 Å². The predicted molar refractivity (Wildman–Crippen MR) is 488 cm³/mol. The van der Waals surface area contributed by atoms with Crippen molar-refractivity contribution in [1.82, 2.24) is 13.8 Å². The third kappa shape index (κ3) is 20.7. The lowest BCUT2D eigenvalue weighted by atomic mass is 9.81. The van der Waals surface area contributed by atoms with E-state index in [1.165, 1.54) is 173 Å². The third-order valence-electron chi connectivity index (χ3n) is 26.5. The second-order valence-electron chi connectivity index (χ2n) is 40.0. The van der Waals surface area contributed by atoms with Gasteiger partial charge in [0.05, 0.1) is 84.4 Å². The molecule has 0 N–H and O–H groups in total. The van der Waals surface area contributed by atoms with Crippen molar-refractivity contribution in [3.63, 3.8) is 0 Å². The van der Waals surface area contributed by atoms with Crippen LogP contribution < -0.4 is 45.4 Å². The molecule has 0 aromatic carbocycles. The number of fused-ring (bicyclic) bond motifs is 8. The lowest BCUT2D eigenvalue weighted by Gasteiger charge is -2.49. The number of thiazole rings is 1. The molecule has 7 aromatic heterocycles. The highest BCUT2D eigenvalue weighted by Gasteiger charge is 2.60. The molecule has 16 rings (SSSR count). The number of hydrogen-bond acceptors (Lipinski definition) is 7. The van der Waals surface area contributed by atoms with Crippen molar-refractivity contribution < 1.29 is 44.8 Å². The van der Waals surface area contributed by atoms with Crippen LogP contribution in [0, 0.1) is 5.92 Å². The van der Waals surface area contributed by atoms with Gasteiger partial charge >= 0.3 is 5.88 Å². The van der Waals surface area contributed by atoms with E-state index in [1.807, 2.05) is 34.4 Å². The molecule has 9 aliphatic rings. The van der Waals surface area contributed by atoms with E-state index in [1.54, 1.807) is 48.7 Å². The summed E-state index contributed by atoms with van der Waals surface area (Å²) in [5.41, 5.74) is 16.1. The second-order valence-corrected chi connectivity index (χ2v) is 43.1. The summed E-state index contributed by atoms with van der Waals surface area (Å²) in [6.45, 7) is 83.0. The van der Waals surface area contributed by atoms with E-state index in [0.29, 0.717) is 89.5 Å². The van der Waals surface area contributed by atoms with E-state index in [4.69, 9.17) is 9.47 Å². The van der Waals surface area contributed by atoms with E-state index >= 15 is 0 Å². The molecule has 0 atom stereocenters. The average molecular weight is 1660 g/mol. The number of pyridine rings is 1. The number of aromatic nitrogens is 10. The SMILES string of the molecule is CC(C)C12CCC[N+]1(C(C)C)CCC2.CC(C)N1CCOc2c1ccc[n+]2C(C)C.CC(C)N1CCc2c[n+](C(C)C)sc21.CC(C)c1c2c(n(C(C)C)[n+]1C)CCC2.CC(C)c1c[n+](C(C)C)c2n1CCC2.CC(C)c1c[n+](C(C)C)c2n1CCOC2.CC(C)c1s[n+](C(C)C)c2c1CCC2.CC(C)c1sc2c([n+]1C(C)C)CCC2. The van der Waals surface area contributed by atoms with E-state index < -0.39 is 0 Å². The fraction of sp³-hybridized carbons (Fsp3) is 0.765. The number of nitrogens with zero attached hydrogens (tertiary/aromatic N) is 13. The molecule has 116 heavy (non-hydrogen) atoms. The van der Waals surface area contributed by atoms with Gasteiger partial charge in [0, 0.05) is 104 Å². The van der Waals surface area contributed by atoms with E-state index in [0.717, 1.165) is 50.7 Å². The lowest BCUT2D eigenvalue weighted by molar-refractivity contribution is -0.974. The molecule has 13 heterocycles. The first-order valence-corrected chi connectivity index (χ1v) is 49.3. The number of quaternary nitrogens is 1. The fourth-order valence-electron chi connectivity index (χ4n) is 21.0. The van der Waals surface area contributed by atoms with Crippen LogP contribution in [0.3, 0.4) is 0 Å². The van der Waals surface area contributed by atoms with Crippen LogP contribution in [-0.2, 0) is 82.8 Å². The molecule has 650 valence electrons. The van der Waals surface area contributed by atoms with Gasteiger partial charge in [-0.05, 0) is 208 Å². The quantitative estimate of drug-likeness (QED) is 0.0714. The van der Waals surface area contributed by atoms with Crippen molar-refractivity contribution in [3.05, 3.63) is 114 Å². The van der Waals surface area contributed by atoms with Crippen molar-refractivity contribution in [1.29, 1.82) is 0 Å². The van der Waals surface area contributed by atoms with Crippen LogP contribution in [0.4, 0.5) is 10.7 Å². The van der Waals surface area contributed by atoms with Crippen molar-refractivity contribution >= 4 is 45.1 Å². The molecule has 0 bridgehead atoms. The van der Waals surface area contributed by atoms with Gasteiger partial charge in [0.25, 0.3) is 11.6 Å². The van der Waals surface area contributed by atoms with Crippen molar-refractivity contribution in [2.45, 2.75) is 440 Å². The molecular formula is C98H171N13O2S3+8. The minimum absolute atomic E-state index is 0.432. The first-order chi connectivity index (χ1) is 54.7. The topological polar surface area (TPSA) is 66.9 Å². The van der Waals surface area contributed by atoms with Crippen LogP contribution >= 0.6 is 34.4 Å². The van der Waals surface area contributed by atoms with Gasteiger partial charge in [-0.15, -0.1) is 12.6 Å². The Morgan fingerprint density at radius 1 is 0.483 bits per heavy atom. The van der Waals surface area contributed by atoms with Gasteiger partial charge in [-0.1, -0.05) is 94.4 Å². The first-order valence-electron chi connectivity index (χ1n) is 46.9. The van der Waals surface area contributed by atoms with Gasteiger partial charge in [0.2, 0.25) is 10.7 Å². The smallest absolute Gasteiger partial charge is 0.392 e. The van der Waals surface area contributed by atoms with E-state index in [9.17, 15) is 0 Å². The van der Waals surface area contributed by atoms with Gasteiger partial charge in [-0.25, -0.2) is 18.3 Å². The zero-order valence-electron chi connectivity index (χ0n) is 80.2. The third-order valence-corrected chi connectivity index (χ3v) is 31.3. The summed E-state index contributed by atoms with van der Waals surface area (Å²) in [5.74, 6) is 7.98. The van der Waals surface area contributed by atoms with Gasteiger partial charge in [0.15, 0.2) is 77.2 Å². The van der Waals surface area contributed by atoms with Crippen molar-refractivity contribution in [3.8, 4) is 5.88 Å². The number of ether oxygens (including phenoxy) is 2. The normalized spacial score (nSPS) is 18.8. The Bertz CT molecular complexity index is 4040. The zero-order valence-corrected chi connectivity index (χ0v) is 82.7. The first kappa shape index (κ1) is 94.8. The van der Waals surface area contributed by atoms with Crippen LogP contribution in [0.25, 0.3) is 0 Å². The highest BCUT2D eigenvalue weighted by Crippen LogP contribution is 2.52. The van der Waals surface area contributed by atoms with Crippen LogP contribution in [0.5, 0.6) is 5.88 Å². The Morgan fingerprint density at radius 3 is 1.59 bits per heavy atom. The standard InChI is InChI=1S/C13H21N2O.C13H23N2.C13H26N.C12H21N2O.C12H21N2.2C12H20NS.C11H19N2S/c1-10(2)14-8-9-16-13-12(14)6-5-7-15(13)11(3)4;1-9(2)13-11-7-6-8-12(11)15(10(3)4)14(13)5;1-11(2)13-7-5-9-14(13,12(3)4)10-6-8-13;1-9(2)11-7-14(10(3)4)12-8-15-6-5-13(11)12;1-9(2)11-8-14(10(3)4)12-6-5-7-13(11)12;1-8(2)12-13(9(3)4)10-6-5-7-11(10)14-12;1-8(2)12-10-6-5-7-11(10)13(14-12)9(3)4;1-8(2)12-6-5-10-7-13(9(3)4)14-11(10)12/h5-7,10-11H,8-9H2,1-4H3;9-10H,6-8H2,1-5H3;11-12H,5-10H2,1-4H3;7,9-10H,5-6,8H2,1-4H3;8-10H,5-7H2,1-4H3;2*8-9H,5-7H2,1-4H3;7-9H,5-6H2,1-4H3/q8*+1. The number of aryl methyl sites for hydroxylation is 1. The molecule has 6 aliphatic heterocycles. The summed E-state index contributed by atoms with van der Waals surface area (Å²) in [4.78, 5) is 8.20. The summed E-state index contributed by atoms with van der Waals surface area (Å²) in [6.07, 6.45) is 30.7. The van der Waals surface area contributed by atoms with Crippen LogP contribution in [0.2, 0.25) is 0 Å². The second kappa shape index (κ2) is 41.2. The molecule has 2 fully saturated rings. The molecule has 3 aliphatic carbocycles. The monoisotopic (exact) mass is 1660 g/mol. The maximum Gasteiger partial charge on any atom is 0.392 e. The minimum atomic E-state index is 0.432. The molecular weight excluding hydrogens is 1490 g/mol. The maximum atomic E-state index is 5.82. The van der Waals surface area contributed by atoms with Crippen LogP contribution in [0.1, 0.15) is 422 Å². The number of hydrogen-bond donors (Lipinski definition) is 0. The predicted octanol–water partition coefficient (Wildman–Crippen LogP) is 21.1. The summed E-state index contributed by atoms with van der Waals surface area (Å²) >= 11 is 5.95. The average Bonchev–Trinajstić information content (AvgIpc) is 1.56. The Kier molecular flexibility index (Phi) is 33.7. The van der Waals surface area contributed by atoms with Crippen LogP contribution in [0.15, 0.2) is 36.9 Å². The number of imidazole rings is 2. The Hall–Kier alpha value is -5.01. The highest BCUT2D eigenvalue weighted by molar-refractivity contribution is 7.11. The summed E-state index contributed by atoms with van der Waals surface area (Å²) < 4.78 is 37.1. The molecule has 2 saturated heterocycles. The molecule has 0 saturated carbocycles. The van der Waals surface area contributed by atoms with Gasteiger partial charge in [-0.2, -0.15) is 13.8 Å². The molecule has 0 radical (unpaired) electrons. The summed E-state index contributed by atoms with van der Waals surface area (Å²) in [5, 5.41) is 3.07. The molecule has 15 nitrogen and oxygen atoms in total. The van der Waals surface area contributed by atoms with E-state index in [-0.39, 0.29) is 0 Å². The Balaban J connectivity index is 0.000000152. The number of anilines is 2. The fourth-order valence-corrected chi connectivity index (χ4v) is 25.1. The molecule has 18 heteroatoms. The molecule has 0 spiro atoms. The maximum absolute atomic E-state index is 5.82. The van der Waals surface area contributed by atoms with Crippen molar-refractivity contribution in [2.24, 2.45) is 13.0 Å². The zero-order chi connectivity index (χ0) is 85.4. The lowest BCUT2D eigenvalue weighted by Crippen LogP contribution is -2.62. The largest absolute Gasteiger partial charge is 0.441 e. The molecule has 0 amide bonds. The number of rotatable bonds is 16. The van der Waals surface area contributed by atoms with Crippen LogP contribution in [-0.4, -0.2) is 81.4 Å². The molecule has 7 aromatic rings. The van der Waals surface area contributed by atoms with Gasteiger partial charge in [-0.3, -0.25) is 0 Å². The Morgan fingerprint density at radius 2 is 1.07 bits per heavy atom. The minimum Gasteiger partial charge on any atom is -0.441 e. The van der Waals surface area contributed by atoms with Gasteiger partial charge < -0.3 is 23.8 Å². The van der Waals surface area contributed by atoms with E-state index in [2.05, 4.69) is 320 Å². The summed E-state index contributed by atoms with van der Waals surface area (Å²) in [6, 6.07) is 10.2. The van der Waals surface area contributed by atoms with Crippen molar-refractivity contribution in [2.75, 3.05) is 49.2 Å². The highest BCUT2D eigenvalue weighted by atomic mass is 32.1. The summed E-state index contributed by atoms with van der Waals surface area (Å²) in [7, 11) is 2.22. The Labute approximate surface area is 720 Å². The molecule has 0 unspecified atom stereocenters.